The van der Waals surface area contributed by atoms with Gasteiger partial charge in [0.1, 0.15) is 24.0 Å². The largest absolute Gasteiger partial charge is 0.490 e. The van der Waals surface area contributed by atoms with Crippen molar-refractivity contribution in [1.29, 1.82) is 0 Å². The Morgan fingerprint density at radius 2 is 2.19 bits per heavy atom. The molecule has 1 atom stereocenters. The number of hydrogen-bond acceptors (Lipinski definition) is 4. The Kier molecular flexibility index (Phi) is 4.28. The molecule has 1 aromatic rings. The maximum atomic E-state index is 10.9. The Morgan fingerprint density at radius 1 is 1.50 bits per heavy atom. The van der Waals surface area contributed by atoms with Gasteiger partial charge in [0, 0.05) is 0 Å². The number of rotatable bonds is 5. The molecule has 5 nitrogen and oxygen atoms in total. The maximum absolute atomic E-state index is 10.9. The molecular weight excluding hydrogens is 212 g/mol. The lowest BCUT2D eigenvalue weighted by atomic mass is 10.1. The van der Waals surface area contributed by atoms with Crippen LogP contribution >= 0.6 is 0 Å². The van der Waals surface area contributed by atoms with E-state index in [2.05, 4.69) is 0 Å². The van der Waals surface area contributed by atoms with Crippen molar-refractivity contribution < 1.29 is 24.9 Å². The van der Waals surface area contributed by atoms with E-state index < -0.39 is 18.7 Å². The van der Waals surface area contributed by atoms with Crippen LogP contribution in [0.4, 0.5) is 0 Å². The molecule has 0 radical (unpaired) electrons. The summed E-state index contributed by atoms with van der Waals surface area (Å²) in [7, 11) is 0. The molecule has 1 unspecified atom stereocenters. The van der Waals surface area contributed by atoms with Gasteiger partial charge in [-0.05, 0) is 24.6 Å². The predicted molar refractivity (Wildman–Crippen MR) is 56.7 cm³/mol. The average Bonchev–Trinajstić information content (AvgIpc) is 2.25. The Morgan fingerprint density at radius 3 is 2.75 bits per heavy atom. The highest BCUT2D eigenvalue weighted by Gasteiger charge is 2.12. The number of aryl methyl sites for hydroxylation is 1. The van der Waals surface area contributed by atoms with E-state index in [-0.39, 0.29) is 17.9 Å². The lowest BCUT2D eigenvalue weighted by Gasteiger charge is -2.12. The van der Waals surface area contributed by atoms with Gasteiger partial charge < -0.3 is 20.1 Å². The molecule has 1 aromatic carbocycles. The summed E-state index contributed by atoms with van der Waals surface area (Å²) < 4.78 is 5.14. The molecule has 0 aliphatic rings. The average molecular weight is 226 g/mol. The van der Waals surface area contributed by atoms with Crippen LogP contribution in [0.1, 0.15) is 15.9 Å². The van der Waals surface area contributed by atoms with Crippen LogP contribution in [0.5, 0.6) is 5.75 Å². The van der Waals surface area contributed by atoms with Crippen LogP contribution in [-0.2, 0) is 0 Å². The first-order valence-corrected chi connectivity index (χ1v) is 4.80. The zero-order valence-electron chi connectivity index (χ0n) is 8.88. The van der Waals surface area contributed by atoms with Gasteiger partial charge in [0.05, 0.1) is 6.61 Å². The number of carboxylic acids is 1. The summed E-state index contributed by atoms with van der Waals surface area (Å²) in [5.41, 5.74) is 0.897. The predicted octanol–water partition coefficient (Wildman–Crippen LogP) is 0.425. The summed E-state index contributed by atoms with van der Waals surface area (Å²) in [6.07, 6.45) is -1.01. The second-order valence-corrected chi connectivity index (χ2v) is 3.45. The molecule has 0 heterocycles. The van der Waals surface area contributed by atoms with Gasteiger partial charge in [-0.25, -0.2) is 4.79 Å². The Labute approximate surface area is 92.9 Å². The van der Waals surface area contributed by atoms with Gasteiger partial charge in [-0.15, -0.1) is 0 Å². The molecule has 88 valence electrons. The van der Waals surface area contributed by atoms with Crippen molar-refractivity contribution in [3.8, 4) is 5.75 Å². The van der Waals surface area contributed by atoms with Gasteiger partial charge in [-0.3, -0.25) is 0 Å². The fourth-order valence-electron chi connectivity index (χ4n) is 1.16. The third-order valence-electron chi connectivity index (χ3n) is 2.01. The minimum absolute atomic E-state index is 0.0377. The summed E-state index contributed by atoms with van der Waals surface area (Å²) in [5.74, 6) is -0.895. The van der Waals surface area contributed by atoms with Gasteiger partial charge in [0.25, 0.3) is 0 Å². The molecule has 0 aromatic heterocycles. The normalized spacial score (nSPS) is 12.2. The topological polar surface area (TPSA) is 87.0 Å². The van der Waals surface area contributed by atoms with Gasteiger partial charge in [-0.1, -0.05) is 6.07 Å². The Balaban J connectivity index is 2.84. The fourth-order valence-corrected chi connectivity index (χ4v) is 1.16. The summed E-state index contributed by atoms with van der Waals surface area (Å²) >= 11 is 0. The minimum Gasteiger partial charge on any atom is -0.490 e. The van der Waals surface area contributed by atoms with Crippen LogP contribution in [0.3, 0.4) is 0 Å². The zero-order chi connectivity index (χ0) is 12.1. The zero-order valence-corrected chi connectivity index (χ0v) is 8.88. The van der Waals surface area contributed by atoms with Crippen molar-refractivity contribution in [2.45, 2.75) is 13.0 Å². The number of ether oxygens (including phenoxy) is 1. The first kappa shape index (κ1) is 12.5. The molecule has 0 fully saturated rings. The molecule has 0 saturated heterocycles. The highest BCUT2D eigenvalue weighted by atomic mass is 16.5. The fraction of sp³-hybridized carbons (Fsp3) is 0.364. The summed E-state index contributed by atoms with van der Waals surface area (Å²) in [4.78, 5) is 10.9. The van der Waals surface area contributed by atoms with E-state index in [4.69, 9.17) is 20.1 Å². The van der Waals surface area contributed by atoms with E-state index in [1.54, 1.807) is 19.1 Å². The van der Waals surface area contributed by atoms with E-state index in [1.807, 2.05) is 0 Å². The van der Waals surface area contributed by atoms with Crippen molar-refractivity contribution in [1.82, 2.24) is 0 Å². The molecule has 0 bridgehead atoms. The van der Waals surface area contributed by atoms with Crippen LogP contribution in [-0.4, -0.2) is 40.6 Å². The molecule has 0 saturated carbocycles. The number of carboxylic acid groups (broad SMARTS) is 1. The van der Waals surface area contributed by atoms with Gasteiger partial charge in [0.15, 0.2) is 0 Å². The standard InChI is InChI=1S/C11H14O5/c1-7-2-3-9(11(14)15)10(4-7)16-6-8(13)5-12/h2-4,8,12-13H,5-6H2,1H3,(H,14,15). The number of benzene rings is 1. The highest BCUT2D eigenvalue weighted by Crippen LogP contribution is 2.20. The number of aromatic carboxylic acids is 1. The van der Waals surface area contributed by atoms with Crippen molar-refractivity contribution in [2.24, 2.45) is 0 Å². The van der Waals surface area contributed by atoms with Crippen molar-refractivity contribution >= 4 is 5.97 Å². The smallest absolute Gasteiger partial charge is 0.339 e. The maximum Gasteiger partial charge on any atom is 0.339 e. The third kappa shape index (κ3) is 3.22. The SMILES string of the molecule is Cc1ccc(C(=O)O)c(OCC(O)CO)c1. The quantitative estimate of drug-likeness (QED) is 0.677. The summed E-state index contributed by atoms with van der Waals surface area (Å²) in [6.45, 7) is 1.25. The van der Waals surface area contributed by atoms with Crippen molar-refractivity contribution in [3.05, 3.63) is 29.3 Å². The summed E-state index contributed by atoms with van der Waals surface area (Å²) in [5, 5.41) is 26.6. The van der Waals surface area contributed by atoms with Crippen LogP contribution in [0.2, 0.25) is 0 Å². The molecule has 0 spiro atoms. The highest BCUT2D eigenvalue weighted by molar-refractivity contribution is 5.90. The number of aliphatic hydroxyl groups is 2. The Bertz CT molecular complexity index is 375. The first-order valence-electron chi connectivity index (χ1n) is 4.80. The van der Waals surface area contributed by atoms with E-state index >= 15 is 0 Å². The molecule has 3 N–H and O–H groups in total. The van der Waals surface area contributed by atoms with Crippen LogP contribution in [0, 0.1) is 6.92 Å². The van der Waals surface area contributed by atoms with E-state index in [0.29, 0.717) is 0 Å². The van der Waals surface area contributed by atoms with Crippen LogP contribution in [0.15, 0.2) is 18.2 Å². The van der Waals surface area contributed by atoms with Crippen molar-refractivity contribution in [2.75, 3.05) is 13.2 Å². The Hall–Kier alpha value is -1.59. The molecule has 16 heavy (non-hydrogen) atoms. The summed E-state index contributed by atoms with van der Waals surface area (Å²) in [6, 6.07) is 4.69. The van der Waals surface area contributed by atoms with E-state index in [9.17, 15) is 4.79 Å². The van der Waals surface area contributed by atoms with E-state index in [0.717, 1.165) is 5.56 Å². The third-order valence-corrected chi connectivity index (χ3v) is 2.01. The molecule has 1 rings (SSSR count). The van der Waals surface area contributed by atoms with E-state index in [1.165, 1.54) is 6.07 Å². The van der Waals surface area contributed by atoms with Gasteiger partial charge in [0.2, 0.25) is 0 Å². The second-order valence-electron chi connectivity index (χ2n) is 3.45. The first-order chi connectivity index (χ1) is 7.54. The molecule has 0 aliphatic carbocycles. The van der Waals surface area contributed by atoms with Gasteiger partial charge >= 0.3 is 5.97 Å². The lowest BCUT2D eigenvalue weighted by Crippen LogP contribution is -2.22. The lowest BCUT2D eigenvalue weighted by molar-refractivity contribution is 0.0519. The van der Waals surface area contributed by atoms with Crippen LogP contribution in [0.25, 0.3) is 0 Å². The second kappa shape index (κ2) is 5.48. The monoisotopic (exact) mass is 226 g/mol. The number of carbonyl (C=O) groups is 1. The molecule has 0 amide bonds. The number of hydrogen-bond donors (Lipinski definition) is 3. The molecule has 0 aliphatic heterocycles. The molecule has 5 heteroatoms. The van der Waals surface area contributed by atoms with Crippen molar-refractivity contribution in [3.63, 3.8) is 0 Å². The van der Waals surface area contributed by atoms with Gasteiger partial charge in [-0.2, -0.15) is 0 Å². The number of aliphatic hydroxyl groups excluding tert-OH is 2. The van der Waals surface area contributed by atoms with Crippen LogP contribution < -0.4 is 4.74 Å². The molecular formula is C11H14O5. The minimum atomic E-state index is -1.09.